The van der Waals surface area contributed by atoms with Gasteiger partial charge < -0.3 is 57.4 Å². The number of nitrogens with zero attached hydrogens (tertiary/aromatic N) is 27. The molecule has 4 atom stereocenters. The number of aromatic nitrogens is 21. The SMILES string of the molecule is C.C.C#CC(=O)OCC.CC(C)c1cn2cc(C3CC3)ccc2n1.CC(N=[N+]=[N-])c1cn2cc(C3CC3)ccc2n1.CC(c1cn2cc(C3CC3)ccc2n1)n1cc(C(=O)NCc2ncn3ccc(Cl)cc23)nn1.CC(c1cn2cc(C3CC3)ccc2n1)n1cc(C(=O)O)nn1.CCOC(=O)c1cn(C(C)c2cn3cc(C4CC4)ccc3n2)nn1.[N-]=[N+]=[N-].[Na+]. The maximum absolute atomic E-state index is 12.7. The Hall–Kier alpha value is -13.1. The number of carboxylic acid groups (broad SMARTS) is 1. The minimum absolute atomic E-state index is 0. The Labute approximate surface area is 742 Å². The van der Waals surface area contributed by atoms with Gasteiger partial charge in [-0.1, -0.05) is 98.3 Å². The summed E-state index contributed by atoms with van der Waals surface area (Å²) in [6, 6.07) is 24.0. The smallest absolute Gasteiger partial charge is 0.476 e. The number of aromatic carboxylic acids is 1. The molecule has 5 saturated carbocycles. The number of carboxylic acids is 1. The molecule has 5 fully saturated rings. The van der Waals surface area contributed by atoms with Crippen molar-refractivity contribution in [2.75, 3.05) is 13.2 Å². The number of hydrogen-bond acceptors (Lipinski definition) is 19. The second kappa shape index (κ2) is 41.2. The van der Waals surface area contributed by atoms with Gasteiger partial charge in [0.2, 0.25) is 0 Å². The van der Waals surface area contributed by atoms with Crippen LogP contribution in [-0.4, -0.2) is 143 Å². The predicted octanol–water partition coefficient (Wildman–Crippen LogP) is 14.6. The number of terminal acetylenes is 1. The van der Waals surface area contributed by atoms with Crippen LogP contribution in [0, 0.1) is 12.3 Å². The van der Waals surface area contributed by atoms with Crippen LogP contribution in [0.5, 0.6) is 0 Å². The maximum Gasteiger partial charge on any atom is 1.00 e. The summed E-state index contributed by atoms with van der Waals surface area (Å²) in [7, 11) is 0. The number of rotatable bonds is 21. The first-order valence-corrected chi connectivity index (χ1v) is 40.6. The number of nitrogens with one attached hydrogen (secondary N) is 1. The van der Waals surface area contributed by atoms with Crippen LogP contribution >= 0.6 is 11.6 Å². The van der Waals surface area contributed by atoms with E-state index in [9.17, 15) is 19.2 Å². The van der Waals surface area contributed by atoms with Crippen molar-refractivity contribution in [2.45, 2.75) is 201 Å². The summed E-state index contributed by atoms with van der Waals surface area (Å²) in [6.45, 7) is 16.5. The van der Waals surface area contributed by atoms with Gasteiger partial charge in [0.25, 0.3) is 5.91 Å². The third-order valence-corrected chi connectivity index (χ3v) is 21.5. The Morgan fingerprint density at radius 2 is 0.871 bits per heavy atom. The molecule has 1 amide bonds. The van der Waals surface area contributed by atoms with Crippen LogP contribution in [-0.2, 0) is 20.8 Å². The second-order valence-electron chi connectivity index (χ2n) is 30.6. The van der Waals surface area contributed by atoms with E-state index < -0.39 is 17.9 Å². The molecule has 15 heterocycles. The molecule has 15 aromatic heterocycles. The van der Waals surface area contributed by atoms with Crippen molar-refractivity contribution in [2.24, 2.45) is 5.11 Å². The fourth-order valence-corrected chi connectivity index (χ4v) is 13.7. The van der Waals surface area contributed by atoms with Crippen LogP contribution in [0.4, 0.5) is 0 Å². The van der Waals surface area contributed by atoms with E-state index in [4.69, 9.17) is 43.0 Å². The largest absolute Gasteiger partial charge is 1.00 e. The molecule has 0 bridgehead atoms. The van der Waals surface area contributed by atoms with Crippen LogP contribution in [0.3, 0.4) is 0 Å². The summed E-state index contributed by atoms with van der Waals surface area (Å²) in [5, 5.41) is 39.7. The molecule has 2 N–H and O–H groups in total. The van der Waals surface area contributed by atoms with Crippen molar-refractivity contribution in [3.63, 3.8) is 0 Å². The van der Waals surface area contributed by atoms with Crippen molar-refractivity contribution in [3.05, 3.63) is 276 Å². The minimum atomic E-state index is -1.08. The molecule has 4 unspecified atom stereocenters. The van der Waals surface area contributed by atoms with Crippen LogP contribution in [0.2, 0.25) is 5.02 Å². The fourth-order valence-electron chi connectivity index (χ4n) is 13.5. The number of carbonyl (C=O) groups is 4. The van der Waals surface area contributed by atoms with Crippen molar-refractivity contribution in [1.29, 1.82) is 0 Å². The molecule has 37 heteroatoms. The number of hydrogen-bond donors (Lipinski definition) is 2. The van der Waals surface area contributed by atoms with Gasteiger partial charge >= 0.3 is 47.5 Å². The average molecular weight is 1710 g/mol. The minimum Gasteiger partial charge on any atom is -0.476 e. The Kier molecular flexibility index (Phi) is 30.4. The summed E-state index contributed by atoms with van der Waals surface area (Å²) >= 11 is 6.08. The van der Waals surface area contributed by atoms with Crippen LogP contribution in [0.1, 0.15) is 288 Å². The van der Waals surface area contributed by atoms with Gasteiger partial charge in [0, 0.05) is 84.0 Å². The van der Waals surface area contributed by atoms with E-state index in [0.717, 1.165) is 74.1 Å². The Balaban J connectivity index is 0.000000149. The fraction of sp³-hybridized carbons (Fsp3) is 0.379. The number of imidazole rings is 6. The molecule has 20 rings (SSSR count). The van der Waals surface area contributed by atoms with Gasteiger partial charge in [-0.25, -0.2) is 58.3 Å². The summed E-state index contributed by atoms with van der Waals surface area (Å²) in [6.07, 6.45) is 46.6. The quantitative estimate of drug-likeness (QED) is 0.0128. The first kappa shape index (κ1) is 91.6. The predicted molar refractivity (Wildman–Crippen MR) is 462 cm³/mol. The summed E-state index contributed by atoms with van der Waals surface area (Å²) < 4.78 is 26.3. The van der Waals surface area contributed by atoms with Gasteiger partial charge in [-0.15, -0.1) is 21.7 Å². The third kappa shape index (κ3) is 22.8. The molecule has 5 aliphatic carbocycles. The molecular formula is C87H98ClN28NaO7. The van der Waals surface area contributed by atoms with Gasteiger partial charge in [0.15, 0.2) is 17.1 Å². The van der Waals surface area contributed by atoms with E-state index >= 15 is 0 Å². The molecule has 5 aliphatic rings. The topological polar surface area (TPSA) is 422 Å². The van der Waals surface area contributed by atoms with Gasteiger partial charge in [-0.2, -0.15) is 0 Å². The van der Waals surface area contributed by atoms with Crippen LogP contribution in [0.25, 0.3) is 60.2 Å². The molecule has 0 radical (unpaired) electrons. The standard InChI is InChI=1S/C23H21ClN8O.C17H19N5O2.C15H15N5O2.C13H16N2.C12H13N5.C5H6O2.2CH4.N3.Na/c1-14(19-11-31-10-16(15-2-3-15)4-5-22(31)27-19)32-12-20(28-29-32)23(33)25-9-18-21-8-17(24)6-7-30(21)13-26-18;1-3-24-17(23)15-10-22(20-19-15)11(2)14-9-21-8-13(12-4-5-12)6-7-16(21)18-14;1-9(20-8-13(15(21)22)17-18-20)12-7-19-6-11(10-2-3-10)4-5-14(19)16-12;1-9(2)12-8-15-7-11(10-3-4-10)5-6-13(15)14-12;1-8(15-16-13)11-7-17-6-10(9-2-3-9)4-5-12(17)14-11;1-3-5(6)7-4-2;;;1-3-2;/h4-8,10-15H,2-3,9H2,1H3,(H,25,33);6-12H,3-5H2,1-2H3;4-10H,2-3H2,1H3,(H,21,22);5-10H,3-4H2,1-2H3;4-9H,2-3H2,1H3;1H,4H2,2H3;2*1H4;;/q;;;;;;;;-1;+1. The van der Waals surface area contributed by atoms with E-state index in [1.54, 1.807) is 53.9 Å². The molecule has 0 aliphatic heterocycles. The van der Waals surface area contributed by atoms with E-state index in [2.05, 4.69) is 195 Å². The number of azide groups is 1. The Morgan fingerprint density at radius 1 is 0.516 bits per heavy atom. The first-order chi connectivity index (χ1) is 58.5. The molecular weight excluding hydrogens is 1610 g/mol. The Bertz CT molecular complexity index is 6380. The molecule has 35 nitrogen and oxygen atoms in total. The van der Waals surface area contributed by atoms with E-state index in [1.165, 1.54) is 114 Å². The van der Waals surface area contributed by atoms with Gasteiger partial charge in [-0.05, 0) is 210 Å². The zero-order valence-electron chi connectivity index (χ0n) is 69.0. The summed E-state index contributed by atoms with van der Waals surface area (Å²) in [5.41, 5.74) is 40.0. The molecule has 0 spiro atoms. The van der Waals surface area contributed by atoms with Crippen LogP contribution < -0.4 is 34.9 Å². The van der Waals surface area contributed by atoms with Crippen molar-refractivity contribution in [1.82, 2.24) is 107 Å². The summed E-state index contributed by atoms with van der Waals surface area (Å²) in [5.74, 6) is 3.51. The van der Waals surface area contributed by atoms with Crippen LogP contribution in [0.15, 0.2) is 171 Å². The number of esters is 2. The zero-order valence-corrected chi connectivity index (χ0v) is 71.7. The number of pyridine rings is 6. The number of halogens is 1. The molecule has 124 heavy (non-hydrogen) atoms. The monoisotopic (exact) mass is 1700 g/mol. The zero-order chi connectivity index (χ0) is 85.1. The molecule has 0 aromatic carbocycles. The molecule has 0 saturated heterocycles. The Morgan fingerprint density at radius 3 is 1.23 bits per heavy atom. The van der Waals surface area contributed by atoms with E-state index in [0.29, 0.717) is 41.9 Å². The van der Waals surface area contributed by atoms with Crippen molar-refractivity contribution < 1.29 is 63.3 Å². The number of carbonyl (C=O) groups excluding carboxylic acids is 3. The number of fused-ring (bicyclic) bond motifs is 6. The average Bonchev–Trinajstić information content (AvgIpc) is 1.66. The van der Waals surface area contributed by atoms with Gasteiger partial charge in [0.1, 0.15) is 28.2 Å². The second-order valence-corrected chi connectivity index (χ2v) is 31.1. The number of amides is 1. The summed E-state index contributed by atoms with van der Waals surface area (Å²) in [4.78, 5) is 76.9. The van der Waals surface area contributed by atoms with E-state index in [-0.39, 0.29) is 98.1 Å². The van der Waals surface area contributed by atoms with Crippen molar-refractivity contribution in [3.8, 4) is 12.3 Å². The third-order valence-electron chi connectivity index (χ3n) is 21.3. The normalized spacial score (nSPS) is 14.5. The molecule has 636 valence electrons. The van der Waals surface area contributed by atoms with E-state index in [1.807, 2.05) is 90.1 Å². The number of ether oxygens (including phenoxy) is 2. The molecule has 15 aromatic rings. The van der Waals surface area contributed by atoms with Gasteiger partial charge in [0.05, 0.1) is 109 Å². The van der Waals surface area contributed by atoms with Crippen molar-refractivity contribution >= 4 is 69.2 Å². The maximum atomic E-state index is 12.7. The first-order valence-electron chi connectivity index (χ1n) is 40.2. The van der Waals surface area contributed by atoms with Gasteiger partial charge in [-0.3, -0.25) is 9.71 Å².